The van der Waals surface area contributed by atoms with E-state index >= 15 is 0 Å². The van der Waals surface area contributed by atoms with Gasteiger partial charge in [-0.15, -0.1) is 11.8 Å². The molecule has 0 bridgehead atoms. The van der Waals surface area contributed by atoms with Crippen molar-refractivity contribution in [2.75, 3.05) is 11.6 Å². The van der Waals surface area contributed by atoms with Gasteiger partial charge in [0.1, 0.15) is 11.3 Å². The van der Waals surface area contributed by atoms with Gasteiger partial charge in [0.25, 0.3) is 5.91 Å². The van der Waals surface area contributed by atoms with Crippen LogP contribution >= 0.6 is 11.8 Å². The predicted octanol–water partition coefficient (Wildman–Crippen LogP) is 3.62. The second-order valence-electron chi connectivity index (χ2n) is 4.78. The van der Waals surface area contributed by atoms with Crippen LogP contribution in [-0.2, 0) is 0 Å². The standard InChI is InChI=1S/C16H15N3OS/c1-11-6-7-19-10-14(18-15(19)8-11)16(20)17-12-4-3-5-13(9-12)21-2/h3-10H,1-2H3,(H,17,20). The van der Waals surface area contributed by atoms with Crippen molar-refractivity contribution in [2.24, 2.45) is 0 Å². The largest absolute Gasteiger partial charge is 0.321 e. The van der Waals surface area contributed by atoms with Crippen molar-refractivity contribution in [1.29, 1.82) is 0 Å². The second kappa shape index (κ2) is 5.61. The van der Waals surface area contributed by atoms with Crippen LogP contribution in [0.1, 0.15) is 16.1 Å². The van der Waals surface area contributed by atoms with E-state index < -0.39 is 0 Å². The molecule has 0 radical (unpaired) electrons. The lowest BCUT2D eigenvalue weighted by atomic mass is 10.3. The molecule has 0 aliphatic rings. The van der Waals surface area contributed by atoms with Crippen molar-refractivity contribution in [1.82, 2.24) is 9.38 Å². The minimum Gasteiger partial charge on any atom is -0.321 e. The first-order valence-electron chi connectivity index (χ1n) is 6.56. The molecule has 0 spiro atoms. The van der Waals surface area contributed by atoms with Gasteiger partial charge in [-0.05, 0) is 49.1 Å². The summed E-state index contributed by atoms with van der Waals surface area (Å²) in [4.78, 5) is 17.7. The van der Waals surface area contributed by atoms with Gasteiger partial charge in [-0.3, -0.25) is 4.79 Å². The van der Waals surface area contributed by atoms with Gasteiger partial charge in [-0.1, -0.05) is 6.07 Å². The highest BCUT2D eigenvalue weighted by atomic mass is 32.2. The van der Waals surface area contributed by atoms with E-state index in [1.54, 1.807) is 18.0 Å². The Labute approximate surface area is 127 Å². The van der Waals surface area contributed by atoms with E-state index in [1.165, 1.54) is 0 Å². The molecule has 4 nitrogen and oxygen atoms in total. The number of benzene rings is 1. The van der Waals surface area contributed by atoms with Crippen LogP contribution in [0.15, 0.2) is 53.7 Å². The maximum absolute atomic E-state index is 12.3. The van der Waals surface area contributed by atoms with E-state index in [9.17, 15) is 4.79 Å². The Morgan fingerprint density at radius 1 is 1.29 bits per heavy atom. The summed E-state index contributed by atoms with van der Waals surface area (Å²) in [5.41, 5.74) is 3.08. The number of imidazole rings is 1. The highest BCUT2D eigenvalue weighted by Gasteiger charge is 2.11. The van der Waals surface area contributed by atoms with Crippen molar-refractivity contribution in [3.8, 4) is 0 Å². The molecule has 1 aromatic carbocycles. The zero-order valence-electron chi connectivity index (χ0n) is 11.8. The van der Waals surface area contributed by atoms with E-state index in [-0.39, 0.29) is 5.91 Å². The highest BCUT2D eigenvalue weighted by molar-refractivity contribution is 7.98. The van der Waals surface area contributed by atoms with Crippen LogP contribution in [-0.4, -0.2) is 21.5 Å². The van der Waals surface area contributed by atoms with Crippen LogP contribution in [0.25, 0.3) is 5.65 Å². The average molecular weight is 297 g/mol. The smallest absolute Gasteiger partial charge is 0.275 e. The van der Waals surface area contributed by atoms with Crippen molar-refractivity contribution in [2.45, 2.75) is 11.8 Å². The van der Waals surface area contributed by atoms with E-state index in [0.717, 1.165) is 21.8 Å². The Hall–Kier alpha value is -2.27. The van der Waals surface area contributed by atoms with Gasteiger partial charge in [0, 0.05) is 23.0 Å². The fourth-order valence-electron chi connectivity index (χ4n) is 2.09. The molecular formula is C16H15N3OS. The molecule has 0 fully saturated rings. The van der Waals surface area contributed by atoms with E-state index in [0.29, 0.717) is 5.69 Å². The Kier molecular flexibility index (Phi) is 3.66. The van der Waals surface area contributed by atoms with Crippen LogP contribution in [0, 0.1) is 6.92 Å². The molecule has 0 aliphatic carbocycles. The summed E-state index contributed by atoms with van der Waals surface area (Å²) in [6.07, 6.45) is 5.65. The summed E-state index contributed by atoms with van der Waals surface area (Å²) in [5.74, 6) is -0.199. The SMILES string of the molecule is CSc1cccc(NC(=O)c2cn3ccc(C)cc3n2)c1. The molecule has 5 heteroatoms. The van der Waals surface area contributed by atoms with Gasteiger partial charge in [-0.25, -0.2) is 4.98 Å². The molecule has 0 atom stereocenters. The zero-order valence-corrected chi connectivity index (χ0v) is 12.6. The third-order valence-corrected chi connectivity index (χ3v) is 3.90. The van der Waals surface area contributed by atoms with Crippen molar-refractivity contribution in [3.63, 3.8) is 0 Å². The monoisotopic (exact) mass is 297 g/mol. The maximum Gasteiger partial charge on any atom is 0.275 e. The van der Waals surface area contributed by atoms with Crippen LogP contribution in [0.2, 0.25) is 0 Å². The van der Waals surface area contributed by atoms with Crippen LogP contribution in [0.3, 0.4) is 0 Å². The van der Waals surface area contributed by atoms with Crippen LogP contribution < -0.4 is 5.32 Å². The number of aromatic nitrogens is 2. The number of nitrogens with zero attached hydrogens (tertiary/aromatic N) is 2. The van der Waals surface area contributed by atoms with Gasteiger partial charge in [0.2, 0.25) is 0 Å². The average Bonchev–Trinajstić information content (AvgIpc) is 2.90. The summed E-state index contributed by atoms with van der Waals surface area (Å²) in [6.45, 7) is 2.00. The Bertz CT molecular complexity index is 810. The van der Waals surface area contributed by atoms with E-state index in [2.05, 4.69) is 10.3 Å². The van der Waals surface area contributed by atoms with Gasteiger partial charge in [-0.2, -0.15) is 0 Å². The zero-order chi connectivity index (χ0) is 14.8. The number of pyridine rings is 1. The highest BCUT2D eigenvalue weighted by Crippen LogP contribution is 2.19. The minimum atomic E-state index is -0.199. The van der Waals surface area contributed by atoms with Crippen molar-refractivity contribution < 1.29 is 4.79 Å². The van der Waals surface area contributed by atoms with Gasteiger partial charge in [0.15, 0.2) is 0 Å². The first-order chi connectivity index (χ1) is 10.2. The van der Waals surface area contributed by atoms with Gasteiger partial charge >= 0.3 is 0 Å². The lowest BCUT2D eigenvalue weighted by Gasteiger charge is -2.04. The number of fused-ring (bicyclic) bond motifs is 1. The van der Waals surface area contributed by atoms with Gasteiger partial charge < -0.3 is 9.72 Å². The molecule has 1 amide bonds. The molecule has 0 saturated carbocycles. The first-order valence-corrected chi connectivity index (χ1v) is 7.79. The molecule has 2 aromatic heterocycles. The number of hydrogen-bond acceptors (Lipinski definition) is 3. The summed E-state index contributed by atoms with van der Waals surface area (Å²) in [6, 6.07) is 11.7. The lowest BCUT2D eigenvalue weighted by molar-refractivity contribution is 0.102. The van der Waals surface area contributed by atoms with Crippen molar-refractivity contribution in [3.05, 3.63) is 60.0 Å². The topological polar surface area (TPSA) is 46.4 Å². The Morgan fingerprint density at radius 3 is 2.95 bits per heavy atom. The summed E-state index contributed by atoms with van der Waals surface area (Å²) in [7, 11) is 0. The lowest BCUT2D eigenvalue weighted by Crippen LogP contribution is -2.12. The summed E-state index contributed by atoms with van der Waals surface area (Å²) >= 11 is 1.64. The number of anilines is 1. The number of carbonyl (C=O) groups excluding carboxylic acids is 1. The molecule has 3 rings (SSSR count). The fraction of sp³-hybridized carbons (Fsp3) is 0.125. The number of carbonyl (C=O) groups is 1. The number of hydrogen-bond donors (Lipinski definition) is 1. The third-order valence-electron chi connectivity index (χ3n) is 3.18. The molecule has 0 aliphatic heterocycles. The summed E-state index contributed by atoms with van der Waals surface area (Å²) in [5, 5.41) is 2.88. The first kappa shape index (κ1) is 13.7. The maximum atomic E-state index is 12.3. The summed E-state index contributed by atoms with van der Waals surface area (Å²) < 4.78 is 1.85. The number of nitrogens with one attached hydrogen (secondary N) is 1. The Balaban J connectivity index is 1.86. The van der Waals surface area contributed by atoms with Crippen LogP contribution in [0.4, 0.5) is 5.69 Å². The van der Waals surface area contributed by atoms with E-state index in [4.69, 9.17) is 0 Å². The quantitative estimate of drug-likeness (QED) is 0.751. The molecule has 0 unspecified atom stereocenters. The third kappa shape index (κ3) is 2.92. The minimum absolute atomic E-state index is 0.199. The molecule has 0 saturated heterocycles. The number of aryl methyl sites for hydroxylation is 1. The number of rotatable bonds is 3. The van der Waals surface area contributed by atoms with Gasteiger partial charge in [0.05, 0.1) is 0 Å². The second-order valence-corrected chi connectivity index (χ2v) is 5.66. The predicted molar refractivity (Wildman–Crippen MR) is 86.1 cm³/mol. The fourth-order valence-corrected chi connectivity index (χ4v) is 2.55. The normalized spacial score (nSPS) is 10.8. The number of amides is 1. The Morgan fingerprint density at radius 2 is 2.14 bits per heavy atom. The van der Waals surface area contributed by atoms with E-state index in [1.807, 2.05) is 60.2 Å². The number of thioether (sulfide) groups is 1. The molecule has 3 aromatic rings. The molecule has 1 N–H and O–H groups in total. The molecule has 21 heavy (non-hydrogen) atoms. The molecular weight excluding hydrogens is 282 g/mol. The van der Waals surface area contributed by atoms with Crippen molar-refractivity contribution >= 4 is 29.0 Å². The van der Waals surface area contributed by atoms with Crippen LogP contribution in [0.5, 0.6) is 0 Å². The molecule has 2 heterocycles. The molecule has 106 valence electrons.